The summed E-state index contributed by atoms with van der Waals surface area (Å²) in [6.45, 7) is 3.53. The van der Waals surface area contributed by atoms with Crippen LogP contribution in [-0.2, 0) is 14.8 Å². The van der Waals surface area contributed by atoms with Crippen LogP contribution in [0.2, 0.25) is 0 Å². The molecule has 180 valence electrons. The summed E-state index contributed by atoms with van der Waals surface area (Å²) in [5.41, 5.74) is 2.78. The number of aromatic nitrogens is 1. The van der Waals surface area contributed by atoms with Crippen LogP contribution in [0, 0.1) is 18.6 Å². The Bertz CT molecular complexity index is 1530. The largest absolute Gasteiger partial charge is 0.462 e. The van der Waals surface area contributed by atoms with Gasteiger partial charge in [0.2, 0.25) is 10.0 Å². The first-order valence-electron chi connectivity index (χ1n) is 10.7. The zero-order valence-electron chi connectivity index (χ0n) is 19.0. The minimum atomic E-state index is -3.90. The van der Waals surface area contributed by atoms with E-state index in [0.29, 0.717) is 28.2 Å². The number of halogens is 2. The lowest BCUT2D eigenvalue weighted by molar-refractivity contribution is 0.0525. The monoisotopic (exact) mass is 496 g/mol. The molecule has 1 heterocycles. The summed E-state index contributed by atoms with van der Waals surface area (Å²) in [4.78, 5) is 12.5. The fourth-order valence-electron chi connectivity index (χ4n) is 3.91. The van der Waals surface area contributed by atoms with E-state index in [1.807, 2.05) is 0 Å². The second-order valence-corrected chi connectivity index (χ2v) is 9.39. The normalized spacial score (nSPS) is 11.5. The molecule has 0 aliphatic heterocycles. The molecule has 0 atom stereocenters. The second-order valence-electron chi connectivity index (χ2n) is 7.83. The topological polar surface area (TPSA) is 91.4 Å². The van der Waals surface area contributed by atoms with Crippen LogP contribution in [0.1, 0.15) is 23.0 Å². The lowest BCUT2D eigenvalue weighted by Crippen LogP contribution is -2.12. The number of nitrogens with zero attached hydrogens (tertiary/aromatic N) is 1. The van der Waals surface area contributed by atoms with E-state index in [1.54, 1.807) is 42.7 Å². The molecule has 4 rings (SSSR count). The zero-order chi connectivity index (χ0) is 25.3. The van der Waals surface area contributed by atoms with Gasteiger partial charge in [0.05, 0.1) is 22.8 Å². The first kappa shape index (κ1) is 24.3. The van der Waals surface area contributed by atoms with Crippen LogP contribution in [0.3, 0.4) is 0 Å². The van der Waals surface area contributed by atoms with E-state index in [9.17, 15) is 17.6 Å². The first-order valence-corrected chi connectivity index (χ1v) is 12.2. The Hall–Kier alpha value is -3.82. The average molecular weight is 497 g/mol. The fraction of sp³-hybridized carbons (Fsp3) is 0.115. The minimum Gasteiger partial charge on any atom is -0.462 e. The molecular formula is C26H22F2N2O4S. The molecule has 2 N–H and O–H groups in total. The third kappa shape index (κ3) is 4.87. The van der Waals surface area contributed by atoms with Gasteiger partial charge in [-0.15, -0.1) is 0 Å². The lowest BCUT2D eigenvalue weighted by atomic mass is 10.0. The highest BCUT2D eigenvalue weighted by Crippen LogP contribution is 2.34. The Labute approximate surface area is 201 Å². The Kier molecular flexibility index (Phi) is 6.56. The van der Waals surface area contributed by atoms with Crippen LogP contribution in [0.25, 0.3) is 28.1 Å². The molecular weight excluding hydrogens is 474 g/mol. The van der Waals surface area contributed by atoms with Crippen molar-refractivity contribution < 1.29 is 26.7 Å². The van der Waals surface area contributed by atoms with E-state index in [2.05, 4.69) is 0 Å². The SMILES string of the molecule is CCOC(=O)c1cc(-c2ccc(-c3cccc(F)c3)cc2F)n(-c2ccc(S(N)(=O)=O)cc2)c1C. The summed E-state index contributed by atoms with van der Waals surface area (Å²) < 4.78 is 59.1. The molecule has 0 saturated carbocycles. The van der Waals surface area contributed by atoms with E-state index in [-0.39, 0.29) is 22.6 Å². The number of hydrogen-bond donors (Lipinski definition) is 1. The van der Waals surface area contributed by atoms with Crippen LogP contribution >= 0.6 is 0 Å². The maximum atomic E-state index is 15.4. The standard InChI is InChI=1S/C26H22F2N2O4S/c1-3-34-26(31)23-15-25(30(16(23)2)20-8-10-21(11-9-20)35(29,32)33)22-12-7-18(14-24(22)28)17-5-4-6-19(27)13-17/h4-15H,3H2,1-2H3,(H2,29,32,33). The Morgan fingerprint density at radius 3 is 2.26 bits per heavy atom. The van der Waals surface area contributed by atoms with Crippen molar-refractivity contribution in [3.05, 3.63) is 95.7 Å². The van der Waals surface area contributed by atoms with Crippen LogP contribution < -0.4 is 5.14 Å². The van der Waals surface area contributed by atoms with Gasteiger partial charge in [0.15, 0.2) is 0 Å². The number of rotatable bonds is 6. The molecule has 9 heteroatoms. The van der Waals surface area contributed by atoms with Crippen molar-refractivity contribution in [3.63, 3.8) is 0 Å². The number of carbonyl (C=O) groups is 1. The van der Waals surface area contributed by atoms with Crippen molar-refractivity contribution in [3.8, 4) is 28.1 Å². The van der Waals surface area contributed by atoms with E-state index in [0.717, 1.165) is 0 Å². The van der Waals surface area contributed by atoms with E-state index in [1.165, 1.54) is 48.5 Å². The van der Waals surface area contributed by atoms with Crippen LogP contribution in [-0.4, -0.2) is 25.6 Å². The second kappa shape index (κ2) is 9.44. The third-order valence-electron chi connectivity index (χ3n) is 5.57. The molecule has 0 bridgehead atoms. The molecule has 0 unspecified atom stereocenters. The predicted molar refractivity (Wildman–Crippen MR) is 129 cm³/mol. The highest BCUT2D eigenvalue weighted by Gasteiger charge is 2.23. The summed E-state index contributed by atoms with van der Waals surface area (Å²) in [6.07, 6.45) is 0. The van der Waals surface area contributed by atoms with E-state index >= 15 is 4.39 Å². The molecule has 3 aromatic carbocycles. The summed E-state index contributed by atoms with van der Waals surface area (Å²) >= 11 is 0. The summed E-state index contributed by atoms with van der Waals surface area (Å²) in [5.74, 6) is -1.58. The number of primary sulfonamides is 1. The number of esters is 1. The van der Waals surface area contributed by atoms with Gasteiger partial charge in [-0.1, -0.05) is 18.2 Å². The van der Waals surface area contributed by atoms with Gasteiger partial charge in [0, 0.05) is 16.9 Å². The fourth-order valence-corrected chi connectivity index (χ4v) is 4.42. The average Bonchev–Trinajstić information content (AvgIpc) is 3.15. The number of nitrogens with two attached hydrogens (primary N) is 1. The lowest BCUT2D eigenvalue weighted by Gasteiger charge is -2.14. The van der Waals surface area contributed by atoms with Crippen molar-refractivity contribution >= 4 is 16.0 Å². The van der Waals surface area contributed by atoms with Gasteiger partial charge in [-0.05, 0) is 79.6 Å². The van der Waals surface area contributed by atoms with Crippen molar-refractivity contribution in [2.45, 2.75) is 18.7 Å². The summed E-state index contributed by atoms with van der Waals surface area (Å²) in [5, 5.41) is 5.20. The van der Waals surface area contributed by atoms with Gasteiger partial charge in [-0.25, -0.2) is 27.1 Å². The van der Waals surface area contributed by atoms with Crippen molar-refractivity contribution in [1.29, 1.82) is 0 Å². The molecule has 4 aromatic rings. The van der Waals surface area contributed by atoms with Crippen molar-refractivity contribution in [1.82, 2.24) is 4.57 Å². The molecule has 35 heavy (non-hydrogen) atoms. The number of benzene rings is 3. The molecule has 0 spiro atoms. The van der Waals surface area contributed by atoms with Crippen LogP contribution in [0.15, 0.2) is 77.7 Å². The van der Waals surface area contributed by atoms with Crippen LogP contribution in [0.4, 0.5) is 8.78 Å². The Morgan fingerprint density at radius 1 is 0.971 bits per heavy atom. The molecule has 0 amide bonds. The maximum Gasteiger partial charge on any atom is 0.339 e. The van der Waals surface area contributed by atoms with Gasteiger partial charge in [-0.2, -0.15) is 0 Å². The molecule has 1 aromatic heterocycles. The summed E-state index contributed by atoms with van der Waals surface area (Å²) in [6, 6.07) is 17.6. The molecule has 6 nitrogen and oxygen atoms in total. The molecule has 0 radical (unpaired) electrons. The predicted octanol–water partition coefficient (Wildman–Crippen LogP) is 5.22. The highest BCUT2D eigenvalue weighted by molar-refractivity contribution is 7.89. The zero-order valence-corrected chi connectivity index (χ0v) is 19.8. The van der Waals surface area contributed by atoms with E-state index < -0.39 is 27.6 Å². The van der Waals surface area contributed by atoms with E-state index in [4.69, 9.17) is 9.88 Å². The highest BCUT2D eigenvalue weighted by atomic mass is 32.2. The maximum absolute atomic E-state index is 15.4. The van der Waals surface area contributed by atoms with Gasteiger partial charge in [0.1, 0.15) is 11.6 Å². The minimum absolute atomic E-state index is 0.0798. The number of carbonyl (C=O) groups excluding carboxylic acids is 1. The third-order valence-corrected chi connectivity index (χ3v) is 6.50. The molecule has 0 aliphatic rings. The number of hydrogen-bond acceptors (Lipinski definition) is 4. The van der Waals surface area contributed by atoms with Gasteiger partial charge in [0.25, 0.3) is 0 Å². The molecule has 0 saturated heterocycles. The van der Waals surface area contributed by atoms with Crippen molar-refractivity contribution in [2.75, 3.05) is 6.61 Å². The molecule has 0 fully saturated rings. The molecule has 0 aliphatic carbocycles. The Balaban J connectivity index is 1.88. The van der Waals surface area contributed by atoms with Crippen molar-refractivity contribution in [2.24, 2.45) is 5.14 Å². The smallest absolute Gasteiger partial charge is 0.339 e. The Morgan fingerprint density at radius 2 is 1.66 bits per heavy atom. The number of sulfonamides is 1. The van der Waals surface area contributed by atoms with Gasteiger partial charge < -0.3 is 9.30 Å². The number of ether oxygens (including phenoxy) is 1. The van der Waals surface area contributed by atoms with Gasteiger partial charge >= 0.3 is 5.97 Å². The van der Waals surface area contributed by atoms with Crippen LogP contribution in [0.5, 0.6) is 0 Å². The summed E-state index contributed by atoms with van der Waals surface area (Å²) in [7, 11) is -3.90. The quantitative estimate of drug-likeness (QED) is 0.371. The van der Waals surface area contributed by atoms with Gasteiger partial charge in [-0.3, -0.25) is 0 Å². The first-order chi connectivity index (χ1) is 16.6.